The standard InChI is InChI=1S/C10H17NO2/c1-4-10(2,12-3)9(11)8-5-6-13-7-8/h5-7,9H,4,11H2,1-3H3. The van der Waals surface area contributed by atoms with Crippen LogP contribution in [0.3, 0.4) is 0 Å². The van der Waals surface area contributed by atoms with Crippen molar-refractivity contribution >= 4 is 0 Å². The largest absolute Gasteiger partial charge is 0.472 e. The molecule has 0 bridgehead atoms. The first-order valence-corrected chi connectivity index (χ1v) is 4.47. The number of hydrogen-bond acceptors (Lipinski definition) is 3. The fourth-order valence-electron chi connectivity index (χ4n) is 1.30. The number of hydrogen-bond donors (Lipinski definition) is 1. The van der Waals surface area contributed by atoms with E-state index in [0.717, 1.165) is 12.0 Å². The number of nitrogens with two attached hydrogens (primary N) is 1. The van der Waals surface area contributed by atoms with Crippen LogP contribution in [0.25, 0.3) is 0 Å². The smallest absolute Gasteiger partial charge is 0.0951 e. The Morgan fingerprint density at radius 3 is 2.77 bits per heavy atom. The molecule has 3 nitrogen and oxygen atoms in total. The topological polar surface area (TPSA) is 48.4 Å². The van der Waals surface area contributed by atoms with E-state index in [9.17, 15) is 0 Å². The maximum Gasteiger partial charge on any atom is 0.0951 e. The van der Waals surface area contributed by atoms with Gasteiger partial charge in [-0.15, -0.1) is 0 Å². The highest BCUT2D eigenvalue weighted by Gasteiger charge is 2.31. The number of rotatable bonds is 4. The minimum absolute atomic E-state index is 0.138. The van der Waals surface area contributed by atoms with Crippen LogP contribution in [0.5, 0.6) is 0 Å². The molecule has 2 unspecified atom stereocenters. The van der Waals surface area contributed by atoms with E-state index in [1.807, 2.05) is 13.0 Å². The summed E-state index contributed by atoms with van der Waals surface area (Å²) in [5.74, 6) is 0. The molecule has 2 atom stereocenters. The summed E-state index contributed by atoms with van der Waals surface area (Å²) in [4.78, 5) is 0. The molecule has 0 aromatic carbocycles. The quantitative estimate of drug-likeness (QED) is 0.777. The normalized spacial score (nSPS) is 18.2. The van der Waals surface area contributed by atoms with E-state index in [1.165, 1.54) is 0 Å². The van der Waals surface area contributed by atoms with E-state index in [2.05, 4.69) is 6.92 Å². The molecule has 0 saturated carbocycles. The molecule has 0 saturated heterocycles. The van der Waals surface area contributed by atoms with Crippen molar-refractivity contribution in [2.75, 3.05) is 7.11 Å². The van der Waals surface area contributed by atoms with Crippen molar-refractivity contribution in [3.8, 4) is 0 Å². The molecule has 1 aromatic rings. The molecule has 1 rings (SSSR count). The number of furan rings is 1. The van der Waals surface area contributed by atoms with Crippen molar-refractivity contribution in [1.82, 2.24) is 0 Å². The molecule has 0 aliphatic carbocycles. The lowest BCUT2D eigenvalue weighted by Crippen LogP contribution is -2.39. The summed E-state index contributed by atoms with van der Waals surface area (Å²) >= 11 is 0. The molecular formula is C10H17NO2. The van der Waals surface area contributed by atoms with Gasteiger partial charge >= 0.3 is 0 Å². The van der Waals surface area contributed by atoms with Crippen molar-refractivity contribution in [2.45, 2.75) is 31.9 Å². The van der Waals surface area contributed by atoms with Gasteiger partial charge in [0.05, 0.1) is 24.2 Å². The van der Waals surface area contributed by atoms with Gasteiger partial charge in [-0.05, 0) is 19.4 Å². The summed E-state index contributed by atoms with van der Waals surface area (Å²) in [7, 11) is 1.68. The Kier molecular flexibility index (Phi) is 3.12. The Bertz CT molecular complexity index is 239. The molecule has 2 N–H and O–H groups in total. The van der Waals surface area contributed by atoms with Crippen molar-refractivity contribution in [3.63, 3.8) is 0 Å². The first-order valence-electron chi connectivity index (χ1n) is 4.47. The van der Waals surface area contributed by atoms with Crippen LogP contribution >= 0.6 is 0 Å². The predicted octanol–water partition coefficient (Wildman–Crippen LogP) is 2.09. The van der Waals surface area contributed by atoms with Gasteiger partial charge in [0.2, 0.25) is 0 Å². The van der Waals surface area contributed by atoms with E-state index in [-0.39, 0.29) is 11.6 Å². The lowest BCUT2D eigenvalue weighted by atomic mass is 9.90. The first-order chi connectivity index (χ1) is 6.14. The number of methoxy groups -OCH3 is 1. The van der Waals surface area contributed by atoms with Gasteiger partial charge in [-0.25, -0.2) is 0 Å². The molecule has 0 aliphatic rings. The van der Waals surface area contributed by atoms with Crippen molar-refractivity contribution in [3.05, 3.63) is 24.2 Å². The Labute approximate surface area is 78.9 Å². The lowest BCUT2D eigenvalue weighted by molar-refractivity contribution is -0.0195. The van der Waals surface area contributed by atoms with Crippen LogP contribution in [0, 0.1) is 0 Å². The van der Waals surface area contributed by atoms with Gasteiger partial charge in [0, 0.05) is 12.7 Å². The Morgan fingerprint density at radius 1 is 1.69 bits per heavy atom. The zero-order valence-corrected chi connectivity index (χ0v) is 8.41. The van der Waals surface area contributed by atoms with Crippen LogP contribution in [0.1, 0.15) is 31.9 Å². The fraction of sp³-hybridized carbons (Fsp3) is 0.600. The van der Waals surface area contributed by atoms with Crippen LogP contribution in [0.15, 0.2) is 23.0 Å². The van der Waals surface area contributed by atoms with E-state index >= 15 is 0 Å². The molecule has 0 spiro atoms. The molecule has 0 fully saturated rings. The second-order valence-corrected chi connectivity index (χ2v) is 3.40. The Hall–Kier alpha value is -0.800. The first kappa shape index (κ1) is 10.3. The number of ether oxygens (including phenoxy) is 1. The Morgan fingerprint density at radius 2 is 2.38 bits per heavy atom. The third-order valence-corrected chi connectivity index (χ3v) is 2.73. The second-order valence-electron chi connectivity index (χ2n) is 3.40. The zero-order chi connectivity index (χ0) is 9.90. The maximum absolute atomic E-state index is 6.05. The van der Waals surface area contributed by atoms with Crippen LogP contribution in [-0.4, -0.2) is 12.7 Å². The third-order valence-electron chi connectivity index (χ3n) is 2.73. The van der Waals surface area contributed by atoms with Gasteiger partial charge in [0.25, 0.3) is 0 Å². The summed E-state index contributed by atoms with van der Waals surface area (Å²) in [6.45, 7) is 4.06. The summed E-state index contributed by atoms with van der Waals surface area (Å²) in [6.07, 6.45) is 4.16. The molecule has 1 aromatic heterocycles. The molecule has 3 heteroatoms. The monoisotopic (exact) mass is 183 g/mol. The highest BCUT2D eigenvalue weighted by molar-refractivity contribution is 5.15. The summed E-state index contributed by atoms with van der Waals surface area (Å²) in [5, 5.41) is 0. The van der Waals surface area contributed by atoms with Gasteiger partial charge in [-0.2, -0.15) is 0 Å². The van der Waals surface area contributed by atoms with E-state index < -0.39 is 0 Å². The molecule has 13 heavy (non-hydrogen) atoms. The van der Waals surface area contributed by atoms with E-state index in [4.69, 9.17) is 14.9 Å². The van der Waals surface area contributed by atoms with Gasteiger partial charge in [-0.3, -0.25) is 0 Å². The highest BCUT2D eigenvalue weighted by Crippen LogP contribution is 2.29. The second kappa shape index (κ2) is 3.94. The van der Waals surface area contributed by atoms with Crippen molar-refractivity contribution in [1.29, 1.82) is 0 Å². The zero-order valence-electron chi connectivity index (χ0n) is 8.41. The van der Waals surface area contributed by atoms with Gasteiger partial charge in [-0.1, -0.05) is 6.92 Å². The molecular weight excluding hydrogens is 166 g/mol. The van der Waals surface area contributed by atoms with Crippen LogP contribution in [0.4, 0.5) is 0 Å². The van der Waals surface area contributed by atoms with Crippen molar-refractivity contribution in [2.24, 2.45) is 5.73 Å². The lowest BCUT2D eigenvalue weighted by Gasteiger charge is -2.32. The molecule has 1 heterocycles. The van der Waals surface area contributed by atoms with E-state index in [1.54, 1.807) is 19.6 Å². The molecule has 74 valence electrons. The van der Waals surface area contributed by atoms with Gasteiger partial charge in [0.1, 0.15) is 0 Å². The SMILES string of the molecule is CCC(C)(OC)C(N)c1ccoc1. The van der Waals surface area contributed by atoms with Crippen LogP contribution in [-0.2, 0) is 4.74 Å². The average Bonchev–Trinajstić information content (AvgIpc) is 2.68. The molecule has 0 radical (unpaired) electrons. The summed E-state index contributed by atoms with van der Waals surface area (Å²) < 4.78 is 10.4. The highest BCUT2D eigenvalue weighted by atomic mass is 16.5. The average molecular weight is 183 g/mol. The summed E-state index contributed by atoms with van der Waals surface area (Å²) in [5.41, 5.74) is 6.72. The van der Waals surface area contributed by atoms with Gasteiger partial charge < -0.3 is 14.9 Å². The van der Waals surface area contributed by atoms with E-state index in [0.29, 0.717) is 0 Å². The molecule has 0 amide bonds. The van der Waals surface area contributed by atoms with Crippen molar-refractivity contribution < 1.29 is 9.15 Å². The van der Waals surface area contributed by atoms with Crippen LogP contribution < -0.4 is 5.73 Å². The predicted molar refractivity (Wildman–Crippen MR) is 51.3 cm³/mol. The Balaban J connectivity index is 2.82. The van der Waals surface area contributed by atoms with Crippen LogP contribution in [0.2, 0.25) is 0 Å². The fourth-order valence-corrected chi connectivity index (χ4v) is 1.30. The third kappa shape index (κ3) is 1.92. The summed E-state index contributed by atoms with van der Waals surface area (Å²) in [6, 6.07) is 1.73. The minimum atomic E-state index is -0.316. The molecule has 0 aliphatic heterocycles. The maximum atomic E-state index is 6.05. The minimum Gasteiger partial charge on any atom is -0.472 e. The van der Waals surface area contributed by atoms with Gasteiger partial charge in [0.15, 0.2) is 0 Å².